The summed E-state index contributed by atoms with van der Waals surface area (Å²) in [7, 11) is 0. The fraction of sp³-hybridized carbons (Fsp3) is 0.462. The lowest BCUT2D eigenvalue weighted by molar-refractivity contribution is 0.0834. The second-order valence-electron chi connectivity index (χ2n) is 4.70. The van der Waals surface area contributed by atoms with Crippen LogP contribution in [0.3, 0.4) is 0 Å². The highest BCUT2D eigenvalue weighted by molar-refractivity contribution is 9.10. The van der Waals surface area contributed by atoms with E-state index in [1.165, 1.54) is 6.07 Å². The van der Waals surface area contributed by atoms with Gasteiger partial charge in [-0.25, -0.2) is 4.39 Å². The summed E-state index contributed by atoms with van der Waals surface area (Å²) >= 11 is 3.05. The standard InChI is InChI=1S/C13H15BrFNO2/c14-10-5-3-4-9(11(10)15)12(18)16-13(8-17)6-1-2-7-13/h3-5,17H,1-2,6-8H2,(H,16,18). The van der Waals surface area contributed by atoms with Crippen molar-refractivity contribution in [3.63, 3.8) is 0 Å². The van der Waals surface area contributed by atoms with Crippen LogP contribution >= 0.6 is 15.9 Å². The number of benzene rings is 1. The van der Waals surface area contributed by atoms with Crippen molar-refractivity contribution in [2.75, 3.05) is 6.61 Å². The van der Waals surface area contributed by atoms with E-state index in [0.717, 1.165) is 25.7 Å². The first kappa shape index (κ1) is 13.5. The molecule has 0 spiro atoms. The normalized spacial score (nSPS) is 17.7. The zero-order chi connectivity index (χ0) is 13.2. The predicted octanol–water partition coefficient (Wildman–Crippen LogP) is 2.62. The van der Waals surface area contributed by atoms with Gasteiger partial charge in [-0.3, -0.25) is 4.79 Å². The number of carbonyl (C=O) groups excluding carboxylic acids is 1. The molecule has 98 valence electrons. The maximum Gasteiger partial charge on any atom is 0.254 e. The molecule has 0 aliphatic heterocycles. The molecule has 0 bridgehead atoms. The smallest absolute Gasteiger partial charge is 0.254 e. The Labute approximate surface area is 114 Å². The van der Waals surface area contributed by atoms with Gasteiger partial charge in [0.2, 0.25) is 0 Å². The van der Waals surface area contributed by atoms with Crippen LogP contribution in [-0.4, -0.2) is 23.2 Å². The van der Waals surface area contributed by atoms with Crippen LogP contribution in [0.4, 0.5) is 4.39 Å². The van der Waals surface area contributed by atoms with Gasteiger partial charge in [0.25, 0.3) is 5.91 Å². The molecule has 2 N–H and O–H groups in total. The van der Waals surface area contributed by atoms with E-state index in [1.807, 2.05) is 0 Å². The first-order valence-corrected chi connectivity index (χ1v) is 6.75. The van der Waals surface area contributed by atoms with Gasteiger partial charge in [-0.1, -0.05) is 18.9 Å². The SMILES string of the molecule is O=C(NC1(CO)CCCC1)c1cccc(Br)c1F. The molecule has 1 aromatic carbocycles. The third-order valence-electron chi connectivity index (χ3n) is 3.44. The quantitative estimate of drug-likeness (QED) is 0.901. The van der Waals surface area contributed by atoms with E-state index in [-0.39, 0.29) is 16.6 Å². The lowest BCUT2D eigenvalue weighted by Crippen LogP contribution is -2.49. The minimum Gasteiger partial charge on any atom is -0.394 e. The number of hydrogen-bond donors (Lipinski definition) is 2. The van der Waals surface area contributed by atoms with Crippen LogP contribution in [-0.2, 0) is 0 Å². The van der Waals surface area contributed by atoms with E-state index >= 15 is 0 Å². The molecule has 1 fully saturated rings. The summed E-state index contributed by atoms with van der Waals surface area (Å²) in [6.07, 6.45) is 3.43. The van der Waals surface area contributed by atoms with Crippen molar-refractivity contribution in [2.45, 2.75) is 31.2 Å². The summed E-state index contributed by atoms with van der Waals surface area (Å²) in [4.78, 5) is 12.1. The highest BCUT2D eigenvalue weighted by Crippen LogP contribution is 2.30. The van der Waals surface area contributed by atoms with Gasteiger partial charge in [0.1, 0.15) is 5.82 Å². The molecule has 1 aromatic rings. The van der Waals surface area contributed by atoms with E-state index in [4.69, 9.17) is 0 Å². The first-order chi connectivity index (χ1) is 8.58. The summed E-state index contributed by atoms with van der Waals surface area (Å²) in [6, 6.07) is 4.60. The molecule has 0 saturated heterocycles. The Morgan fingerprint density at radius 3 is 2.72 bits per heavy atom. The molecule has 1 amide bonds. The van der Waals surface area contributed by atoms with Crippen molar-refractivity contribution in [3.05, 3.63) is 34.1 Å². The van der Waals surface area contributed by atoms with Crippen LogP contribution in [0.15, 0.2) is 22.7 Å². The number of amides is 1. The van der Waals surface area contributed by atoms with E-state index < -0.39 is 17.3 Å². The van der Waals surface area contributed by atoms with Crippen LogP contribution in [0.1, 0.15) is 36.0 Å². The average Bonchev–Trinajstić information content (AvgIpc) is 2.81. The van der Waals surface area contributed by atoms with E-state index in [1.54, 1.807) is 12.1 Å². The Kier molecular flexibility index (Phi) is 4.02. The third-order valence-corrected chi connectivity index (χ3v) is 4.05. The Bertz CT molecular complexity index is 458. The van der Waals surface area contributed by atoms with Gasteiger partial charge < -0.3 is 10.4 Å². The molecule has 0 heterocycles. The Morgan fingerprint density at radius 2 is 2.11 bits per heavy atom. The van der Waals surface area contributed by atoms with Gasteiger partial charge in [0.15, 0.2) is 0 Å². The fourth-order valence-corrected chi connectivity index (χ4v) is 2.73. The molecule has 1 aliphatic carbocycles. The third kappa shape index (κ3) is 2.57. The zero-order valence-electron chi connectivity index (χ0n) is 9.88. The number of nitrogens with one attached hydrogen (secondary N) is 1. The molecule has 0 aromatic heterocycles. The molecule has 3 nitrogen and oxygen atoms in total. The van der Waals surface area contributed by atoms with Crippen molar-refractivity contribution in [1.82, 2.24) is 5.32 Å². The fourth-order valence-electron chi connectivity index (χ4n) is 2.36. The number of carbonyl (C=O) groups is 1. The summed E-state index contributed by atoms with van der Waals surface area (Å²) in [5.74, 6) is -1.04. The van der Waals surface area contributed by atoms with Crippen molar-refractivity contribution in [2.24, 2.45) is 0 Å². The van der Waals surface area contributed by atoms with Gasteiger partial charge in [0.05, 0.1) is 22.2 Å². The topological polar surface area (TPSA) is 49.3 Å². The van der Waals surface area contributed by atoms with Crippen LogP contribution in [0.5, 0.6) is 0 Å². The maximum absolute atomic E-state index is 13.8. The van der Waals surface area contributed by atoms with Crippen molar-refractivity contribution in [1.29, 1.82) is 0 Å². The lowest BCUT2D eigenvalue weighted by Gasteiger charge is -2.28. The van der Waals surface area contributed by atoms with Crippen LogP contribution in [0.25, 0.3) is 0 Å². The number of halogens is 2. The number of aliphatic hydroxyl groups excluding tert-OH is 1. The van der Waals surface area contributed by atoms with E-state index in [9.17, 15) is 14.3 Å². The monoisotopic (exact) mass is 315 g/mol. The number of aliphatic hydroxyl groups is 1. The van der Waals surface area contributed by atoms with Crippen molar-refractivity contribution >= 4 is 21.8 Å². The van der Waals surface area contributed by atoms with Crippen LogP contribution in [0.2, 0.25) is 0 Å². The average molecular weight is 316 g/mol. The number of hydrogen-bond acceptors (Lipinski definition) is 2. The Hall–Kier alpha value is -0.940. The van der Waals surface area contributed by atoms with Crippen LogP contribution < -0.4 is 5.32 Å². The molecule has 18 heavy (non-hydrogen) atoms. The first-order valence-electron chi connectivity index (χ1n) is 5.95. The largest absolute Gasteiger partial charge is 0.394 e. The molecule has 0 radical (unpaired) electrons. The van der Waals surface area contributed by atoms with Gasteiger partial charge in [-0.05, 0) is 40.9 Å². The van der Waals surface area contributed by atoms with Crippen molar-refractivity contribution < 1.29 is 14.3 Å². The molecule has 5 heteroatoms. The Morgan fingerprint density at radius 1 is 1.44 bits per heavy atom. The molecular formula is C13H15BrFNO2. The molecule has 0 unspecified atom stereocenters. The Balaban J connectivity index is 2.19. The van der Waals surface area contributed by atoms with Gasteiger partial charge >= 0.3 is 0 Å². The molecule has 1 saturated carbocycles. The summed E-state index contributed by atoms with van der Waals surface area (Å²) < 4.78 is 14.0. The van der Waals surface area contributed by atoms with Crippen LogP contribution in [0, 0.1) is 5.82 Å². The minimum atomic E-state index is -0.578. The van der Waals surface area contributed by atoms with E-state index in [0.29, 0.717) is 0 Å². The van der Waals surface area contributed by atoms with Gasteiger partial charge in [-0.2, -0.15) is 0 Å². The summed E-state index contributed by atoms with van der Waals surface area (Å²) in [6.45, 7) is -0.103. The molecule has 2 rings (SSSR count). The summed E-state index contributed by atoms with van der Waals surface area (Å²) in [5, 5.41) is 12.2. The molecular weight excluding hydrogens is 301 g/mol. The minimum absolute atomic E-state index is 0.00380. The maximum atomic E-state index is 13.8. The van der Waals surface area contributed by atoms with E-state index in [2.05, 4.69) is 21.2 Å². The highest BCUT2D eigenvalue weighted by Gasteiger charge is 2.35. The summed E-state index contributed by atoms with van der Waals surface area (Å²) in [5.41, 5.74) is -0.574. The lowest BCUT2D eigenvalue weighted by atomic mass is 9.98. The molecule has 1 aliphatic rings. The highest BCUT2D eigenvalue weighted by atomic mass is 79.9. The molecule has 0 atom stereocenters. The van der Waals surface area contributed by atoms with Gasteiger partial charge in [-0.15, -0.1) is 0 Å². The second kappa shape index (κ2) is 5.36. The predicted molar refractivity (Wildman–Crippen MR) is 69.9 cm³/mol. The number of rotatable bonds is 3. The van der Waals surface area contributed by atoms with Gasteiger partial charge in [0, 0.05) is 0 Å². The second-order valence-corrected chi connectivity index (χ2v) is 5.56. The van der Waals surface area contributed by atoms with Crippen molar-refractivity contribution in [3.8, 4) is 0 Å². The zero-order valence-corrected chi connectivity index (χ0v) is 11.5.